The van der Waals surface area contributed by atoms with Gasteiger partial charge in [-0.15, -0.1) is 0 Å². The maximum Gasteiger partial charge on any atom is 0.198 e. The van der Waals surface area contributed by atoms with Gasteiger partial charge >= 0.3 is 0 Å². The Labute approximate surface area is 105 Å². The van der Waals surface area contributed by atoms with Crippen molar-refractivity contribution in [2.24, 2.45) is 5.92 Å². The van der Waals surface area contributed by atoms with E-state index < -0.39 is 0 Å². The van der Waals surface area contributed by atoms with Crippen LogP contribution in [0.5, 0.6) is 0 Å². The van der Waals surface area contributed by atoms with Crippen molar-refractivity contribution in [3.63, 3.8) is 0 Å². The summed E-state index contributed by atoms with van der Waals surface area (Å²) in [6, 6.07) is 4.36. The number of carbonyl (C=O) groups is 1. The fraction of sp³-hybridized carbons (Fsp3) is 0.400. The Balaban J connectivity index is 1.95. The molecule has 0 radical (unpaired) electrons. The molecule has 3 heteroatoms. The summed E-state index contributed by atoms with van der Waals surface area (Å²) in [5.74, 6) is 0.669. The molecular weight excluding hydrogens is 231 g/mol. The molecule has 1 aliphatic carbocycles. The quantitative estimate of drug-likeness (QED) is 0.758. The van der Waals surface area contributed by atoms with Crippen LogP contribution in [0, 0.1) is 18.7 Å². The van der Waals surface area contributed by atoms with Crippen molar-refractivity contribution < 1.29 is 13.6 Å². The van der Waals surface area contributed by atoms with E-state index in [-0.39, 0.29) is 11.6 Å². The average molecular weight is 246 g/mol. The van der Waals surface area contributed by atoms with E-state index in [4.69, 9.17) is 4.42 Å². The molecule has 0 saturated heterocycles. The third-order valence-corrected chi connectivity index (χ3v) is 3.85. The van der Waals surface area contributed by atoms with Gasteiger partial charge in [-0.05, 0) is 43.9 Å². The number of Topliss-reactive ketones (excluding diaryl/α,β-unsaturated/α-hetero) is 1. The molecule has 1 aromatic carbocycles. The van der Waals surface area contributed by atoms with E-state index in [9.17, 15) is 9.18 Å². The first-order chi connectivity index (χ1) is 8.65. The van der Waals surface area contributed by atoms with Crippen LogP contribution in [0.1, 0.15) is 41.8 Å². The fourth-order valence-electron chi connectivity index (χ4n) is 2.51. The van der Waals surface area contributed by atoms with Crippen LogP contribution in [0.3, 0.4) is 0 Å². The fourth-order valence-corrected chi connectivity index (χ4v) is 2.51. The third-order valence-electron chi connectivity index (χ3n) is 3.85. The van der Waals surface area contributed by atoms with Gasteiger partial charge in [0.05, 0.1) is 0 Å². The Bertz CT molecular complexity index is 608. The largest absolute Gasteiger partial charge is 0.453 e. The van der Waals surface area contributed by atoms with Gasteiger partial charge in [0.2, 0.25) is 0 Å². The molecule has 1 heterocycles. The lowest BCUT2D eigenvalue weighted by molar-refractivity contribution is 0.0910. The van der Waals surface area contributed by atoms with Crippen molar-refractivity contribution in [1.29, 1.82) is 0 Å². The first-order valence-corrected chi connectivity index (χ1v) is 6.37. The van der Waals surface area contributed by atoms with E-state index >= 15 is 0 Å². The van der Waals surface area contributed by atoms with E-state index in [0.29, 0.717) is 29.1 Å². The Morgan fingerprint density at radius 1 is 1.44 bits per heavy atom. The summed E-state index contributed by atoms with van der Waals surface area (Å²) >= 11 is 0. The second-order valence-corrected chi connectivity index (χ2v) is 5.12. The van der Waals surface area contributed by atoms with Crippen LogP contribution in [0.25, 0.3) is 11.0 Å². The molecule has 0 amide bonds. The van der Waals surface area contributed by atoms with E-state index in [2.05, 4.69) is 0 Å². The molecule has 1 aliphatic rings. The Hall–Kier alpha value is -1.64. The molecule has 1 saturated carbocycles. The molecule has 94 valence electrons. The molecule has 0 unspecified atom stereocenters. The first kappa shape index (κ1) is 11.5. The lowest BCUT2D eigenvalue weighted by Crippen LogP contribution is -2.16. The zero-order chi connectivity index (χ0) is 12.7. The van der Waals surface area contributed by atoms with Gasteiger partial charge in [0.15, 0.2) is 11.5 Å². The van der Waals surface area contributed by atoms with Gasteiger partial charge in [-0.3, -0.25) is 4.79 Å². The number of rotatable bonds is 3. The monoisotopic (exact) mass is 246 g/mol. The van der Waals surface area contributed by atoms with Crippen LogP contribution >= 0.6 is 0 Å². The normalized spacial score (nSPS) is 15.9. The minimum atomic E-state index is -0.301. The Kier molecular flexibility index (Phi) is 2.69. The van der Waals surface area contributed by atoms with E-state index in [0.717, 1.165) is 18.4 Å². The minimum Gasteiger partial charge on any atom is -0.453 e. The summed E-state index contributed by atoms with van der Waals surface area (Å²) in [5, 5.41) is 0.701. The summed E-state index contributed by atoms with van der Waals surface area (Å²) in [5.41, 5.74) is 1.35. The molecule has 0 atom stereocenters. The van der Waals surface area contributed by atoms with Crippen LogP contribution in [0.2, 0.25) is 0 Å². The zero-order valence-corrected chi connectivity index (χ0v) is 10.3. The number of aryl methyl sites for hydroxylation is 1. The lowest BCUT2D eigenvalue weighted by atomic mass is 9.81. The van der Waals surface area contributed by atoms with Crippen molar-refractivity contribution in [3.8, 4) is 0 Å². The van der Waals surface area contributed by atoms with Crippen molar-refractivity contribution >= 4 is 16.8 Å². The standard InChI is InChI=1S/C15H15FO2/c1-9-12-8-11(16)5-6-14(12)18-15(9)13(17)7-10-3-2-4-10/h5-6,8,10H,2-4,7H2,1H3. The van der Waals surface area contributed by atoms with Crippen molar-refractivity contribution in [1.82, 2.24) is 0 Å². The summed E-state index contributed by atoms with van der Waals surface area (Å²) in [4.78, 5) is 12.1. The van der Waals surface area contributed by atoms with Gasteiger partial charge in [-0.2, -0.15) is 0 Å². The van der Waals surface area contributed by atoms with Gasteiger partial charge < -0.3 is 4.42 Å². The number of fused-ring (bicyclic) bond motifs is 1. The number of hydrogen-bond acceptors (Lipinski definition) is 2. The molecule has 2 nitrogen and oxygen atoms in total. The molecule has 0 N–H and O–H groups in total. The number of ketones is 1. The maximum absolute atomic E-state index is 13.2. The zero-order valence-electron chi connectivity index (χ0n) is 10.3. The van der Waals surface area contributed by atoms with Gasteiger partial charge in [0, 0.05) is 17.4 Å². The summed E-state index contributed by atoms with van der Waals surface area (Å²) < 4.78 is 18.7. The molecular formula is C15H15FO2. The predicted octanol–water partition coefficient (Wildman–Crippen LogP) is 4.25. The molecule has 1 fully saturated rings. The summed E-state index contributed by atoms with van der Waals surface area (Å²) in [6.45, 7) is 1.82. The second kappa shape index (κ2) is 4.23. The number of halogens is 1. The summed E-state index contributed by atoms with van der Waals surface area (Å²) in [7, 11) is 0. The van der Waals surface area contributed by atoms with Crippen LogP contribution in [0.15, 0.2) is 22.6 Å². The topological polar surface area (TPSA) is 30.2 Å². The lowest BCUT2D eigenvalue weighted by Gasteiger charge is -2.23. The van der Waals surface area contributed by atoms with Gasteiger partial charge in [-0.25, -0.2) is 4.39 Å². The minimum absolute atomic E-state index is 0.0498. The third kappa shape index (κ3) is 1.84. The van der Waals surface area contributed by atoms with Gasteiger partial charge in [-0.1, -0.05) is 6.42 Å². The maximum atomic E-state index is 13.2. The van der Waals surface area contributed by atoms with Gasteiger partial charge in [0.1, 0.15) is 11.4 Å². The number of carbonyl (C=O) groups excluding carboxylic acids is 1. The molecule has 3 rings (SSSR count). The van der Waals surface area contributed by atoms with Crippen molar-refractivity contribution in [2.45, 2.75) is 32.6 Å². The highest BCUT2D eigenvalue weighted by Gasteiger charge is 2.25. The smallest absolute Gasteiger partial charge is 0.198 e. The summed E-state index contributed by atoms with van der Waals surface area (Å²) in [6.07, 6.45) is 4.06. The molecule has 0 aliphatic heterocycles. The van der Waals surface area contributed by atoms with E-state index in [1.54, 1.807) is 6.07 Å². The number of benzene rings is 1. The van der Waals surface area contributed by atoms with Crippen LogP contribution in [-0.2, 0) is 0 Å². The van der Waals surface area contributed by atoms with Crippen LogP contribution in [-0.4, -0.2) is 5.78 Å². The number of hydrogen-bond donors (Lipinski definition) is 0. The predicted molar refractivity (Wildman–Crippen MR) is 67.2 cm³/mol. The Morgan fingerprint density at radius 3 is 2.89 bits per heavy atom. The molecule has 2 aromatic rings. The number of furan rings is 1. The molecule has 18 heavy (non-hydrogen) atoms. The second-order valence-electron chi connectivity index (χ2n) is 5.12. The Morgan fingerprint density at radius 2 is 2.22 bits per heavy atom. The van der Waals surface area contributed by atoms with Crippen molar-refractivity contribution in [3.05, 3.63) is 35.3 Å². The molecule has 0 spiro atoms. The SMILES string of the molecule is Cc1c(C(=O)CC2CCC2)oc2ccc(F)cc12. The van der Waals surface area contributed by atoms with Gasteiger partial charge in [0.25, 0.3) is 0 Å². The van der Waals surface area contributed by atoms with E-state index in [1.165, 1.54) is 18.6 Å². The van der Waals surface area contributed by atoms with Crippen molar-refractivity contribution in [2.75, 3.05) is 0 Å². The van der Waals surface area contributed by atoms with Crippen LogP contribution in [0.4, 0.5) is 4.39 Å². The average Bonchev–Trinajstić information content (AvgIpc) is 2.61. The molecule has 1 aromatic heterocycles. The molecule has 0 bridgehead atoms. The highest BCUT2D eigenvalue weighted by molar-refractivity contribution is 6.00. The first-order valence-electron chi connectivity index (χ1n) is 6.37. The highest BCUT2D eigenvalue weighted by atomic mass is 19.1. The highest BCUT2D eigenvalue weighted by Crippen LogP contribution is 2.33. The van der Waals surface area contributed by atoms with E-state index in [1.807, 2.05) is 6.92 Å². The van der Waals surface area contributed by atoms with Crippen LogP contribution < -0.4 is 0 Å².